The zero-order chi connectivity index (χ0) is 12.1. The molecule has 16 heavy (non-hydrogen) atoms. The molecule has 0 radical (unpaired) electrons. The summed E-state index contributed by atoms with van der Waals surface area (Å²) in [5.74, 6) is 0.731. The molecule has 96 valence electrons. The van der Waals surface area contributed by atoms with Gasteiger partial charge in [0.25, 0.3) is 0 Å². The lowest BCUT2D eigenvalue weighted by molar-refractivity contribution is 0.0549. The van der Waals surface area contributed by atoms with Crippen LogP contribution in [0.25, 0.3) is 0 Å². The minimum atomic E-state index is 0.691. The minimum absolute atomic E-state index is 0.691. The molecule has 1 saturated heterocycles. The molecule has 1 rings (SSSR count). The van der Waals surface area contributed by atoms with E-state index in [0.717, 1.165) is 19.0 Å². The first kappa shape index (κ1) is 13.9. The molecular weight excluding hydrogens is 198 g/mol. The van der Waals surface area contributed by atoms with E-state index in [1.807, 2.05) is 0 Å². The number of piperazine rings is 1. The Morgan fingerprint density at radius 2 is 2.00 bits per heavy atom. The van der Waals surface area contributed by atoms with Crippen molar-refractivity contribution in [3.63, 3.8) is 0 Å². The summed E-state index contributed by atoms with van der Waals surface area (Å²) in [7, 11) is 2.23. The van der Waals surface area contributed by atoms with E-state index in [4.69, 9.17) is 0 Å². The monoisotopic (exact) mass is 227 g/mol. The second-order valence-electron chi connectivity index (χ2n) is 5.44. The first-order valence-electron chi connectivity index (χ1n) is 6.71. The van der Waals surface area contributed by atoms with Gasteiger partial charge in [0.05, 0.1) is 0 Å². The first-order valence-corrected chi connectivity index (χ1v) is 6.71. The van der Waals surface area contributed by atoms with Crippen molar-refractivity contribution in [2.75, 3.05) is 39.8 Å². The highest BCUT2D eigenvalue weighted by atomic mass is 15.3. The summed E-state index contributed by atoms with van der Waals surface area (Å²) in [5, 5.41) is 3.50. The number of nitrogens with zero attached hydrogens (tertiary/aromatic N) is 2. The van der Waals surface area contributed by atoms with Gasteiger partial charge in [-0.3, -0.25) is 4.90 Å². The third-order valence-corrected chi connectivity index (χ3v) is 3.83. The predicted molar refractivity (Wildman–Crippen MR) is 70.8 cm³/mol. The Hall–Kier alpha value is -0.120. The standard InChI is InChI=1S/C13H29N3/c1-6-14-9-13(11(2)3)16-8-7-15(5)12(4)10-16/h11-14H,6-10H2,1-5H3. The smallest absolute Gasteiger partial charge is 0.0244 e. The first-order chi connectivity index (χ1) is 7.56. The van der Waals surface area contributed by atoms with Gasteiger partial charge in [-0.05, 0) is 26.4 Å². The Morgan fingerprint density at radius 1 is 1.31 bits per heavy atom. The molecule has 0 bridgehead atoms. The average Bonchev–Trinajstić information content (AvgIpc) is 2.23. The van der Waals surface area contributed by atoms with Gasteiger partial charge in [0.1, 0.15) is 0 Å². The van der Waals surface area contributed by atoms with Gasteiger partial charge >= 0.3 is 0 Å². The van der Waals surface area contributed by atoms with Crippen molar-refractivity contribution in [3.8, 4) is 0 Å². The van der Waals surface area contributed by atoms with Crippen molar-refractivity contribution < 1.29 is 0 Å². The van der Waals surface area contributed by atoms with Gasteiger partial charge in [-0.25, -0.2) is 0 Å². The van der Waals surface area contributed by atoms with Gasteiger partial charge in [-0.1, -0.05) is 20.8 Å². The number of rotatable bonds is 5. The van der Waals surface area contributed by atoms with Gasteiger partial charge in [-0.15, -0.1) is 0 Å². The molecule has 0 aromatic rings. The van der Waals surface area contributed by atoms with Crippen LogP contribution in [0.5, 0.6) is 0 Å². The molecule has 0 amide bonds. The highest BCUT2D eigenvalue weighted by Gasteiger charge is 2.27. The Morgan fingerprint density at radius 3 is 2.50 bits per heavy atom. The Labute approximate surface area is 101 Å². The molecule has 1 heterocycles. The summed E-state index contributed by atoms with van der Waals surface area (Å²) >= 11 is 0. The van der Waals surface area contributed by atoms with E-state index in [0.29, 0.717) is 12.1 Å². The van der Waals surface area contributed by atoms with Crippen molar-refractivity contribution in [1.29, 1.82) is 0 Å². The van der Waals surface area contributed by atoms with E-state index in [1.165, 1.54) is 19.6 Å². The summed E-state index contributed by atoms with van der Waals surface area (Å²) < 4.78 is 0. The van der Waals surface area contributed by atoms with Crippen LogP contribution in [-0.2, 0) is 0 Å². The van der Waals surface area contributed by atoms with Crippen molar-refractivity contribution in [3.05, 3.63) is 0 Å². The number of hydrogen-bond acceptors (Lipinski definition) is 3. The molecule has 2 unspecified atom stereocenters. The number of hydrogen-bond donors (Lipinski definition) is 1. The lowest BCUT2D eigenvalue weighted by atomic mass is 10.0. The molecule has 0 saturated carbocycles. The van der Waals surface area contributed by atoms with E-state index >= 15 is 0 Å². The van der Waals surface area contributed by atoms with Crippen LogP contribution in [0, 0.1) is 5.92 Å². The van der Waals surface area contributed by atoms with Crippen LogP contribution < -0.4 is 5.32 Å². The van der Waals surface area contributed by atoms with E-state index in [-0.39, 0.29) is 0 Å². The molecule has 0 aromatic heterocycles. The van der Waals surface area contributed by atoms with Gasteiger partial charge in [-0.2, -0.15) is 0 Å². The third-order valence-electron chi connectivity index (χ3n) is 3.83. The molecule has 1 aliphatic heterocycles. The van der Waals surface area contributed by atoms with Crippen LogP contribution >= 0.6 is 0 Å². The highest BCUT2D eigenvalue weighted by Crippen LogP contribution is 2.15. The molecule has 0 spiro atoms. The second-order valence-corrected chi connectivity index (χ2v) is 5.44. The Balaban J connectivity index is 2.51. The van der Waals surface area contributed by atoms with Gasteiger partial charge in [0.2, 0.25) is 0 Å². The van der Waals surface area contributed by atoms with Crippen LogP contribution in [0.2, 0.25) is 0 Å². The lowest BCUT2D eigenvalue weighted by Gasteiger charge is -2.43. The average molecular weight is 227 g/mol. The lowest BCUT2D eigenvalue weighted by Crippen LogP contribution is -2.56. The van der Waals surface area contributed by atoms with Crippen LogP contribution in [0.4, 0.5) is 0 Å². The third kappa shape index (κ3) is 3.72. The fourth-order valence-corrected chi connectivity index (χ4v) is 2.46. The second kappa shape index (κ2) is 6.58. The normalized spacial score (nSPS) is 26.2. The zero-order valence-electron chi connectivity index (χ0n) is 11.7. The molecule has 0 aromatic carbocycles. The molecule has 1 fully saturated rings. The predicted octanol–water partition coefficient (Wildman–Crippen LogP) is 1.26. The largest absolute Gasteiger partial charge is 0.315 e. The van der Waals surface area contributed by atoms with Crippen LogP contribution in [-0.4, -0.2) is 61.7 Å². The summed E-state index contributed by atoms with van der Waals surface area (Å²) in [4.78, 5) is 5.12. The summed E-state index contributed by atoms with van der Waals surface area (Å²) in [5.41, 5.74) is 0. The van der Waals surface area contributed by atoms with Gasteiger partial charge < -0.3 is 10.2 Å². The Bertz CT molecular complexity index is 194. The van der Waals surface area contributed by atoms with E-state index in [1.54, 1.807) is 0 Å². The molecular formula is C13H29N3. The minimum Gasteiger partial charge on any atom is -0.315 e. The van der Waals surface area contributed by atoms with Crippen molar-refractivity contribution in [2.24, 2.45) is 5.92 Å². The van der Waals surface area contributed by atoms with Crippen molar-refractivity contribution in [2.45, 2.75) is 39.8 Å². The number of likely N-dealkylation sites (N-methyl/N-ethyl adjacent to an activating group) is 2. The van der Waals surface area contributed by atoms with Crippen LogP contribution in [0.15, 0.2) is 0 Å². The molecule has 2 atom stereocenters. The number of nitrogens with one attached hydrogen (secondary N) is 1. The van der Waals surface area contributed by atoms with E-state index in [2.05, 4.69) is 49.9 Å². The Kier molecular flexibility index (Phi) is 5.73. The quantitative estimate of drug-likeness (QED) is 0.763. The molecule has 0 aliphatic carbocycles. The maximum atomic E-state index is 3.50. The fraction of sp³-hybridized carbons (Fsp3) is 1.00. The van der Waals surface area contributed by atoms with Gasteiger partial charge in [0.15, 0.2) is 0 Å². The maximum Gasteiger partial charge on any atom is 0.0244 e. The topological polar surface area (TPSA) is 18.5 Å². The molecule has 1 N–H and O–H groups in total. The zero-order valence-corrected chi connectivity index (χ0v) is 11.7. The molecule has 1 aliphatic rings. The van der Waals surface area contributed by atoms with Gasteiger partial charge in [0, 0.05) is 38.3 Å². The molecule has 3 heteroatoms. The highest BCUT2D eigenvalue weighted by molar-refractivity contribution is 4.84. The van der Waals surface area contributed by atoms with Crippen LogP contribution in [0.3, 0.4) is 0 Å². The molecule has 3 nitrogen and oxygen atoms in total. The summed E-state index contributed by atoms with van der Waals surface area (Å²) in [6.45, 7) is 15.0. The summed E-state index contributed by atoms with van der Waals surface area (Å²) in [6, 6.07) is 1.38. The SMILES string of the molecule is CCNCC(C(C)C)N1CCN(C)C(C)C1. The van der Waals surface area contributed by atoms with Crippen molar-refractivity contribution in [1.82, 2.24) is 15.1 Å². The summed E-state index contributed by atoms with van der Waals surface area (Å²) in [6.07, 6.45) is 0. The van der Waals surface area contributed by atoms with Crippen molar-refractivity contribution >= 4 is 0 Å². The van der Waals surface area contributed by atoms with E-state index < -0.39 is 0 Å². The fourth-order valence-electron chi connectivity index (χ4n) is 2.46. The van der Waals surface area contributed by atoms with E-state index in [9.17, 15) is 0 Å². The van der Waals surface area contributed by atoms with Crippen LogP contribution in [0.1, 0.15) is 27.7 Å². The maximum absolute atomic E-state index is 3.50.